The van der Waals surface area contributed by atoms with Crippen molar-refractivity contribution in [1.29, 1.82) is 0 Å². The Morgan fingerprint density at radius 2 is 2.18 bits per heavy atom. The second-order valence-electron chi connectivity index (χ2n) is 5.73. The molecule has 1 aromatic heterocycles. The van der Waals surface area contributed by atoms with Gasteiger partial charge in [0, 0.05) is 32.9 Å². The minimum Gasteiger partial charge on any atom is -0.454 e. The lowest BCUT2D eigenvalue weighted by atomic mass is 10.1. The van der Waals surface area contributed by atoms with E-state index in [0.29, 0.717) is 13.4 Å². The predicted octanol–water partition coefficient (Wildman–Crippen LogP) is 1.82. The third-order valence-electron chi connectivity index (χ3n) is 4.15. The number of nitrogens with zero attached hydrogens (tertiary/aromatic N) is 3. The zero-order chi connectivity index (χ0) is 14.9. The van der Waals surface area contributed by atoms with Crippen molar-refractivity contribution in [3.8, 4) is 11.5 Å². The first-order valence-electron chi connectivity index (χ1n) is 7.45. The Labute approximate surface area is 129 Å². The molecule has 4 rings (SSSR count). The van der Waals surface area contributed by atoms with Crippen molar-refractivity contribution in [1.82, 2.24) is 14.7 Å². The van der Waals surface area contributed by atoms with Gasteiger partial charge in [0.2, 0.25) is 6.79 Å². The van der Waals surface area contributed by atoms with E-state index in [9.17, 15) is 0 Å². The van der Waals surface area contributed by atoms with Crippen molar-refractivity contribution >= 4 is 0 Å². The lowest BCUT2D eigenvalue weighted by Crippen LogP contribution is -2.39. The lowest BCUT2D eigenvalue weighted by molar-refractivity contribution is 0.0907. The summed E-state index contributed by atoms with van der Waals surface area (Å²) in [5.41, 5.74) is 2.46. The first-order chi connectivity index (χ1) is 10.8. The summed E-state index contributed by atoms with van der Waals surface area (Å²) in [5, 5.41) is 4.42. The Hall–Kier alpha value is -2.05. The predicted molar refractivity (Wildman–Crippen MR) is 79.8 cm³/mol. The van der Waals surface area contributed by atoms with E-state index in [2.05, 4.69) is 32.9 Å². The van der Waals surface area contributed by atoms with Gasteiger partial charge in [0.25, 0.3) is 0 Å². The first kappa shape index (κ1) is 13.6. The van der Waals surface area contributed by atoms with Crippen LogP contribution in [0.2, 0.25) is 0 Å². The van der Waals surface area contributed by atoms with E-state index >= 15 is 0 Å². The number of fused-ring (bicyclic) bond motifs is 2. The van der Waals surface area contributed by atoms with Crippen LogP contribution in [-0.2, 0) is 17.8 Å². The maximum Gasteiger partial charge on any atom is 0.231 e. The zero-order valence-electron chi connectivity index (χ0n) is 12.6. The van der Waals surface area contributed by atoms with E-state index in [0.717, 1.165) is 31.1 Å². The summed E-state index contributed by atoms with van der Waals surface area (Å²) < 4.78 is 18.2. The second-order valence-corrected chi connectivity index (χ2v) is 5.73. The number of methoxy groups -OCH3 is 1. The Morgan fingerprint density at radius 1 is 1.27 bits per heavy atom. The summed E-state index contributed by atoms with van der Waals surface area (Å²) in [7, 11) is 1.74. The highest BCUT2D eigenvalue weighted by Gasteiger charge is 2.25. The van der Waals surface area contributed by atoms with E-state index in [1.165, 1.54) is 11.3 Å². The molecular weight excluding hydrogens is 282 g/mol. The van der Waals surface area contributed by atoms with Crippen molar-refractivity contribution in [3.63, 3.8) is 0 Å². The summed E-state index contributed by atoms with van der Waals surface area (Å²) in [6.45, 7) is 3.69. The van der Waals surface area contributed by atoms with Gasteiger partial charge < -0.3 is 14.2 Å². The molecule has 2 aliphatic heterocycles. The number of rotatable bonds is 4. The van der Waals surface area contributed by atoms with Crippen LogP contribution in [-0.4, -0.2) is 41.7 Å². The standard InChI is InChI=1S/C16H19N3O3/c1-20-10-14-9-18(8-13-4-5-17-19(13)14)7-12-2-3-15-16(6-12)22-11-21-15/h2-6,14H,7-11H2,1H3. The fraction of sp³-hybridized carbons (Fsp3) is 0.438. The highest BCUT2D eigenvalue weighted by atomic mass is 16.7. The van der Waals surface area contributed by atoms with Gasteiger partial charge in [-0.25, -0.2) is 0 Å². The molecule has 0 fully saturated rings. The van der Waals surface area contributed by atoms with Crippen molar-refractivity contribution in [2.45, 2.75) is 19.1 Å². The van der Waals surface area contributed by atoms with E-state index in [4.69, 9.17) is 14.2 Å². The SMILES string of the molecule is COCC1CN(Cc2ccc3c(c2)OCO3)Cc2ccnn21. The van der Waals surface area contributed by atoms with Crippen LogP contribution in [0.4, 0.5) is 0 Å². The van der Waals surface area contributed by atoms with Gasteiger partial charge in [0.15, 0.2) is 11.5 Å². The Morgan fingerprint density at radius 3 is 3.09 bits per heavy atom. The fourth-order valence-corrected chi connectivity index (χ4v) is 3.20. The monoisotopic (exact) mass is 301 g/mol. The van der Waals surface area contributed by atoms with Crippen molar-refractivity contribution < 1.29 is 14.2 Å². The molecule has 0 aliphatic carbocycles. The fourth-order valence-electron chi connectivity index (χ4n) is 3.20. The molecule has 0 bridgehead atoms. The van der Waals surface area contributed by atoms with Gasteiger partial charge in [0.05, 0.1) is 18.3 Å². The first-order valence-corrected chi connectivity index (χ1v) is 7.45. The van der Waals surface area contributed by atoms with Crippen molar-refractivity contribution in [2.75, 3.05) is 27.1 Å². The number of benzene rings is 1. The van der Waals surface area contributed by atoms with E-state index < -0.39 is 0 Å². The Bertz CT molecular complexity index is 670. The molecule has 3 heterocycles. The maximum absolute atomic E-state index is 5.46. The van der Waals surface area contributed by atoms with Gasteiger partial charge in [-0.3, -0.25) is 9.58 Å². The van der Waals surface area contributed by atoms with Gasteiger partial charge in [-0.2, -0.15) is 5.10 Å². The summed E-state index contributed by atoms with van der Waals surface area (Å²) in [6, 6.07) is 8.50. The van der Waals surface area contributed by atoms with E-state index in [-0.39, 0.29) is 6.04 Å². The molecule has 116 valence electrons. The molecule has 6 nitrogen and oxygen atoms in total. The third-order valence-corrected chi connectivity index (χ3v) is 4.15. The van der Waals surface area contributed by atoms with Crippen LogP contribution in [0.3, 0.4) is 0 Å². The molecule has 1 aromatic carbocycles. The molecule has 0 radical (unpaired) electrons. The third kappa shape index (κ3) is 2.44. The average molecular weight is 301 g/mol. The number of aromatic nitrogens is 2. The molecule has 0 saturated heterocycles. The minimum absolute atomic E-state index is 0.262. The van der Waals surface area contributed by atoms with Crippen LogP contribution in [0.5, 0.6) is 11.5 Å². The maximum atomic E-state index is 5.46. The molecule has 1 atom stereocenters. The Balaban J connectivity index is 1.52. The van der Waals surface area contributed by atoms with Gasteiger partial charge in [-0.05, 0) is 23.8 Å². The van der Waals surface area contributed by atoms with Crippen molar-refractivity contribution in [3.05, 3.63) is 41.7 Å². The Kier molecular flexibility index (Phi) is 3.48. The van der Waals surface area contributed by atoms with Crippen molar-refractivity contribution in [2.24, 2.45) is 0 Å². The summed E-state index contributed by atoms with van der Waals surface area (Å²) in [5.74, 6) is 1.67. The molecule has 0 amide bonds. The van der Waals surface area contributed by atoms with Gasteiger partial charge in [0.1, 0.15) is 0 Å². The van der Waals surface area contributed by atoms with Gasteiger partial charge >= 0.3 is 0 Å². The second kappa shape index (κ2) is 5.62. The summed E-state index contributed by atoms with van der Waals surface area (Å²) in [4.78, 5) is 2.41. The molecule has 0 N–H and O–H groups in total. The van der Waals surface area contributed by atoms with Crippen LogP contribution >= 0.6 is 0 Å². The topological polar surface area (TPSA) is 48.8 Å². The van der Waals surface area contributed by atoms with Crippen LogP contribution in [0, 0.1) is 0 Å². The van der Waals surface area contributed by atoms with Gasteiger partial charge in [-0.1, -0.05) is 6.07 Å². The molecule has 6 heteroatoms. The normalized spacial score (nSPS) is 20.1. The largest absolute Gasteiger partial charge is 0.454 e. The summed E-state index contributed by atoms with van der Waals surface area (Å²) >= 11 is 0. The van der Waals surface area contributed by atoms with Crippen LogP contribution < -0.4 is 9.47 Å². The molecule has 2 aromatic rings. The highest BCUT2D eigenvalue weighted by Crippen LogP contribution is 2.33. The zero-order valence-corrected chi connectivity index (χ0v) is 12.6. The molecular formula is C16H19N3O3. The molecule has 2 aliphatic rings. The highest BCUT2D eigenvalue weighted by molar-refractivity contribution is 5.44. The molecule has 22 heavy (non-hydrogen) atoms. The molecule has 0 saturated carbocycles. The molecule has 0 spiro atoms. The number of ether oxygens (including phenoxy) is 3. The lowest BCUT2D eigenvalue weighted by Gasteiger charge is -2.33. The van der Waals surface area contributed by atoms with Crippen LogP contribution in [0.25, 0.3) is 0 Å². The average Bonchev–Trinajstić information content (AvgIpc) is 3.15. The van der Waals surface area contributed by atoms with Crippen LogP contribution in [0.1, 0.15) is 17.3 Å². The van der Waals surface area contributed by atoms with Crippen LogP contribution in [0.15, 0.2) is 30.5 Å². The number of hydrogen-bond donors (Lipinski definition) is 0. The van der Waals surface area contributed by atoms with Gasteiger partial charge in [-0.15, -0.1) is 0 Å². The van der Waals surface area contributed by atoms with E-state index in [1.807, 2.05) is 12.3 Å². The quantitative estimate of drug-likeness (QED) is 0.862. The number of hydrogen-bond acceptors (Lipinski definition) is 5. The van der Waals surface area contributed by atoms with E-state index in [1.54, 1.807) is 7.11 Å². The molecule has 1 unspecified atom stereocenters. The minimum atomic E-state index is 0.262. The summed E-state index contributed by atoms with van der Waals surface area (Å²) in [6.07, 6.45) is 1.86. The smallest absolute Gasteiger partial charge is 0.231 e.